The Bertz CT molecular complexity index is 954. The molecular formula is C23H24O4S2. The lowest BCUT2D eigenvalue weighted by Gasteiger charge is -2.25. The van der Waals surface area contributed by atoms with E-state index in [1.807, 2.05) is 32.9 Å². The van der Waals surface area contributed by atoms with Gasteiger partial charge in [-0.05, 0) is 31.9 Å². The van der Waals surface area contributed by atoms with E-state index < -0.39 is 11.6 Å². The third-order valence-corrected chi connectivity index (χ3v) is 7.03. The summed E-state index contributed by atoms with van der Waals surface area (Å²) in [4.78, 5) is 37.3. The number of rotatable bonds is 7. The average Bonchev–Trinajstić information content (AvgIpc) is 3.01. The van der Waals surface area contributed by atoms with E-state index in [0.29, 0.717) is 22.3 Å². The van der Waals surface area contributed by atoms with Crippen LogP contribution in [0.4, 0.5) is 0 Å². The van der Waals surface area contributed by atoms with Gasteiger partial charge in [0.15, 0.2) is 5.60 Å². The topological polar surface area (TPSA) is 60.4 Å². The lowest BCUT2D eigenvalue weighted by Crippen LogP contribution is -2.23. The number of cyclic esters (lactones) is 1. The molecule has 3 rings (SSSR count). The lowest BCUT2D eigenvalue weighted by molar-refractivity contribution is 0.0180. The second kappa shape index (κ2) is 9.18. The zero-order valence-corrected chi connectivity index (χ0v) is 18.5. The molecule has 1 aliphatic rings. The fourth-order valence-corrected chi connectivity index (χ4v) is 4.63. The highest BCUT2D eigenvalue weighted by molar-refractivity contribution is 8.14. The van der Waals surface area contributed by atoms with Gasteiger partial charge in [0.05, 0.1) is 5.56 Å². The van der Waals surface area contributed by atoms with E-state index in [1.165, 1.54) is 23.5 Å². The number of carbonyl (C=O) groups is 3. The smallest absolute Gasteiger partial charge is 0.339 e. The van der Waals surface area contributed by atoms with E-state index in [4.69, 9.17) is 4.74 Å². The number of carbonyl (C=O) groups excluding carboxylic acids is 3. The molecule has 2 aromatic carbocycles. The summed E-state index contributed by atoms with van der Waals surface area (Å²) in [6.07, 6.45) is 1.84. The second-order valence-electron chi connectivity index (χ2n) is 7.04. The maximum atomic E-state index is 12.6. The molecule has 0 amide bonds. The van der Waals surface area contributed by atoms with Crippen LogP contribution in [0, 0.1) is 0 Å². The van der Waals surface area contributed by atoms with Crippen molar-refractivity contribution in [2.24, 2.45) is 0 Å². The van der Waals surface area contributed by atoms with Gasteiger partial charge in [-0.2, -0.15) is 0 Å². The molecule has 0 fully saturated rings. The molecule has 1 aliphatic heterocycles. The van der Waals surface area contributed by atoms with Gasteiger partial charge in [0.2, 0.25) is 10.2 Å². The average molecular weight is 429 g/mol. The van der Waals surface area contributed by atoms with Gasteiger partial charge in [-0.15, -0.1) is 0 Å². The number of benzene rings is 2. The Morgan fingerprint density at radius 2 is 1.55 bits per heavy atom. The van der Waals surface area contributed by atoms with Gasteiger partial charge < -0.3 is 4.74 Å². The molecule has 1 unspecified atom stereocenters. The highest BCUT2D eigenvalue weighted by atomic mass is 32.2. The summed E-state index contributed by atoms with van der Waals surface area (Å²) in [5, 5.41) is -0.0349. The van der Waals surface area contributed by atoms with E-state index in [9.17, 15) is 14.4 Å². The third kappa shape index (κ3) is 4.43. The van der Waals surface area contributed by atoms with Crippen LogP contribution in [0.15, 0.2) is 42.5 Å². The monoisotopic (exact) mass is 428 g/mol. The van der Waals surface area contributed by atoms with Crippen LogP contribution in [0.3, 0.4) is 0 Å². The van der Waals surface area contributed by atoms with Gasteiger partial charge in [0, 0.05) is 33.8 Å². The summed E-state index contributed by atoms with van der Waals surface area (Å²) in [5.74, 6) is 1.06. The Balaban J connectivity index is 1.94. The molecule has 2 aromatic rings. The second-order valence-corrected chi connectivity index (χ2v) is 9.17. The molecule has 29 heavy (non-hydrogen) atoms. The lowest BCUT2D eigenvalue weighted by atomic mass is 9.86. The van der Waals surface area contributed by atoms with Crippen molar-refractivity contribution in [2.45, 2.75) is 39.2 Å². The van der Waals surface area contributed by atoms with E-state index in [-0.39, 0.29) is 10.2 Å². The minimum absolute atomic E-state index is 0.00994. The Hall–Kier alpha value is -2.05. The first-order chi connectivity index (χ1) is 13.9. The van der Waals surface area contributed by atoms with Crippen molar-refractivity contribution in [1.82, 2.24) is 0 Å². The quantitative estimate of drug-likeness (QED) is 0.528. The molecular weight excluding hydrogens is 404 g/mol. The summed E-state index contributed by atoms with van der Waals surface area (Å²) < 4.78 is 5.76. The van der Waals surface area contributed by atoms with Crippen LogP contribution < -0.4 is 0 Å². The number of hydrogen-bond acceptors (Lipinski definition) is 6. The third-order valence-electron chi connectivity index (χ3n) is 4.81. The molecule has 0 aliphatic carbocycles. The molecule has 0 saturated carbocycles. The highest BCUT2D eigenvalue weighted by Crippen LogP contribution is 2.42. The molecule has 0 radical (unpaired) electrons. The Morgan fingerprint density at radius 1 is 0.931 bits per heavy atom. The van der Waals surface area contributed by atoms with Crippen molar-refractivity contribution >= 4 is 39.7 Å². The molecule has 0 spiro atoms. The molecule has 152 valence electrons. The van der Waals surface area contributed by atoms with Crippen LogP contribution in [0.2, 0.25) is 0 Å². The van der Waals surface area contributed by atoms with E-state index in [1.54, 1.807) is 30.3 Å². The summed E-state index contributed by atoms with van der Waals surface area (Å²) >= 11 is 2.54. The zero-order valence-electron chi connectivity index (χ0n) is 16.8. The Labute approximate surface area is 179 Å². The van der Waals surface area contributed by atoms with Crippen molar-refractivity contribution < 1.29 is 19.1 Å². The fraction of sp³-hybridized carbons (Fsp3) is 0.348. The highest BCUT2D eigenvalue weighted by Gasteiger charge is 2.43. The molecule has 1 atom stereocenters. The predicted octanol–water partition coefficient (Wildman–Crippen LogP) is 5.69. The van der Waals surface area contributed by atoms with Crippen molar-refractivity contribution in [3.8, 4) is 0 Å². The molecule has 0 bridgehead atoms. The number of esters is 1. The number of ether oxygens (including phenoxy) is 1. The van der Waals surface area contributed by atoms with Crippen LogP contribution in [-0.2, 0) is 10.3 Å². The van der Waals surface area contributed by atoms with E-state index in [0.717, 1.165) is 29.9 Å². The zero-order chi connectivity index (χ0) is 21.0. The minimum Gasteiger partial charge on any atom is -0.446 e. The normalized spacial score (nSPS) is 17.7. The van der Waals surface area contributed by atoms with Crippen molar-refractivity contribution in [3.63, 3.8) is 0 Å². The SMILES string of the molecule is CCCSC(=O)c1cccc(C2(C)OC(=O)c3cc(C(=O)SCCC)ccc32)c1. The van der Waals surface area contributed by atoms with Crippen LogP contribution in [0.25, 0.3) is 0 Å². The minimum atomic E-state index is -0.990. The maximum absolute atomic E-state index is 12.6. The standard InChI is InChI=1S/C23H24O4S2/c1-4-11-28-21(25)15-7-6-8-17(13-15)23(3)19-10-9-16(22(26)29-12-5-2)14-18(19)20(24)27-23/h6-10,13-14H,4-5,11-12H2,1-3H3. The fourth-order valence-electron chi connectivity index (χ4n) is 3.26. The number of thioether (sulfide) groups is 2. The van der Waals surface area contributed by atoms with Crippen LogP contribution >= 0.6 is 23.5 Å². The van der Waals surface area contributed by atoms with Gasteiger partial charge >= 0.3 is 5.97 Å². The largest absolute Gasteiger partial charge is 0.446 e. The van der Waals surface area contributed by atoms with Gasteiger partial charge in [-0.1, -0.05) is 67.7 Å². The van der Waals surface area contributed by atoms with Crippen molar-refractivity contribution in [2.75, 3.05) is 11.5 Å². The Morgan fingerprint density at radius 3 is 2.17 bits per heavy atom. The van der Waals surface area contributed by atoms with E-state index >= 15 is 0 Å². The van der Waals surface area contributed by atoms with Crippen LogP contribution in [-0.4, -0.2) is 27.7 Å². The summed E-state index contributed by atoms with van der Waals surface area (Å²) in [6, 6.07) is 12.4. The van der Waals surface area contributed by atoms with Crippen LogP contribution in [0.1, 0.15) is 75.8 Å². The Kier molecular flexibility index (Phi) is 6.85. The number of hydrogen-bond donors (Lipinski definition) is 0. The maximum Gasteiger partial charge on any atom is 0.339 e. The number of fused-ring (bicyclic) bond motifs is 1. The predicted molar refractivity (Wildman–Crippen MR) is 119 cm³/mol. The van der Waals surface area contributed by atoms with Gasteiger partial charge in [0.1, 0.15) is 0 Å². The molecule has 0 saturated heterocycles. The molecule has 6 heteroatoms. The first kappa shape index (κ1) is 21.7. The molecule has 0 N–H and O–H groups in total. The van der Waals surface area contributed by atoms with E-state index in [2.05, 4.69) is 0 Å². The summed E-state index contributed by atoms with van der Waals surface area (Å²) in [6.45, 7) is 5.88. The summed E-state index contributed by atoms with van der Waals surface area (Å²) in [5.41, 5.74) is 1.97. The molecule has 0 aromatic heterocycles. The van der Waals surface area contributed by atoms with Gasteiger partial charge in [0.25, 0.3) is 0 Å². The first-order valence-corrected chi connectivity index (χ1v) is 11.7. The molecule has 1 heterocycles. The molecule has 4 nitrogen and oxygen atoms in total. The van der Waals surface area contributed by atoms with Crippen molar-refractivity contribution in [3.05, 3.63) is 70.3 Å². The van der Waals surface area contributed by atoms with Gasteiger partial charge in [-0.3, -0.25) is 9.59 Å². The van der Waals surface area contributed by atoms with Crippen molar-refractivity contribution in [1.29, 1.82) is 0 Å². The first-order valence-electron chi connectivity index (χ1n) is 9.73. The van der Waals surface area contributed by atoms with Gasteiger partial charge in [-0.25, -0.2) is 4.79 Å². The summed E-state index contributed by atoms with van der Waals surface area (Å²) in [7, 11) is 0. The van der Waals surface area contributed by atoms with Crippen LogP contribution in [0.5, 0.6) is 0 Å².